The first-order valence-electron chi connectivity index (χ1n) is 5.73. The van der Waals surface area contributed by atoms with Crippen molar-refractivity contribution in [1.82, 2.24) is 5.32 Å². The van der Waals surface area contributed by atoms with E-state index in [1.165, 1.54) is 25.7 Å². The van der Waals surface area contributed by atoms with E-state index in [1.54, 1.807) is 0 Å². The normalized spacial score (nSPS) is 23.7. The fourth-order valence-corrected chi connectivity index (χ4v) is 2.63. The predicted molar refractivity (Wildman–Crippen MR) is 63.4 cm³/mol. The number of thiocarbonyl (C=S) groups is 1. The van der Waals surface area contributed by atoms with Crippen LogP contribution in [0.1, 0.15) is 38.5 Å². The molecule has 1 amide bonds. The summed E-state index contributed by atoms with van der Waals surface area (Å²) in [7, 11) is 0. The Kier molecular flexibility index (Phi) is 2.96. The van der Waals surface area contributed by atoms with Crippen molar-refractivity contribution < 1.29 is 4.79 Å². The minimum atomic E-state index is -0.478. The fraction of sp³-hybridized carbons (Fsp3) is 0.818. The van der Waals surface area contributed by atoms with E-state index in [2.05, 4.69) is 5.32 Å². The first-order valence-corrected chi connectivity index (χ1v) is 6.14. The van der Waals surface area contributed by atoms with Gasteiger partial charge in [-0.15, -0.1) is 0 Å². The molecule has 0 unspecified atom stereocenters. The molecule has 2 rings (SSSR count). The van der Waals surface area contributed by atoms with Gasteiger partial charge >= 0.3 is 0 Å². The zero-order chi connectivity index (χ0) is 10.9. The van der Waals surface area contributed by atoms with Crippen LogP contribution in [0.2, 0.25) is 0 Å². The predicted octanol–water partition coefficient (Wildman–Crippen LogP) is 1.36. The molecule has 0 saturated heterocycles. The van der Waals surface area contributed by atoms with Gasteiger partial charge in [0.15, 0.2) is 0 Å². The van der Waals surface area contributed by atoms with Gasteiger partial charge in [-0.2, -0.15) is 0 Å². The van der Waals surface area contributed by atoms with Crippen LogP contribution in [0.25, 0.3) is 0 Å². The standard InChI is InChI=1S/C11H18N2OS/c12-9(15)11(5-6-11)10(14)13-7-8-3-1-2-4-8/h8H,1-7H2,(H2,12,15)(H,13,14). The third kappa shape index (κ3) is 2.14. The molecule has 3 nitrogen and oxygen atoms in total. The molecule has 2 fully saturated rings. The molecular formula is C11H18N2OS. The molecule has 4 heteroatoms. The molecule has 3 N–H and O–H groups in total. The van der Waals surface area contributed by atoms with Gasteiger partial charge in [0, 0.05) is 6.54 Å². The van der Waals surface area contributed by atoms with Crippen molar-refractivity contribution in [3.05, 3.63) is 0 Å². The van der Waals surface area contributed by atoms with E-state index >= 15 is 0 Å². The average molecular weight is 226 g/mol. The SMILES string of the molecule is NC(=S)C1(C(=O)NCC2CCCC2)CC1. The van der Waals surface area contributed by atoms with Crippen LogP contribution >= 0.6 is 12.2 Å². The summed E-state index contributed by atoms with van der Waals surface area (Å²) in [5.74, 6) is 0.734. The van der Waals surface area contributed by atoms with Crippen LogP contribution < -0.4 is 11.1 Å². The quantitative estimate of drug-likeness (QED) is 0.712. The Balaban J connectivity index is 1.79. The fourth-order valence-electron chi connectivity index (χ4n) is 2.33. The molecule has 0 aromatic rings. The molecule has 0 aliphatic heterocycles. The van der Waals surface area contributed by atoms with Crippen LogP contribution in [-0.4, -0.2) is 17.4 Å². The molecule has 0 atom stereocenters. The lowest BCUT2D eigenvalue weighted by molar-refractivity contribution is -0.124. The number of nitrogens with two attached hydrogens (primary N) is 1. The lowest BCUT2D eigenvalue weighted by Crippen LogP contribution is -2.41. The summed E-state index contributed by atoms with van der Waals surface area (Å²) >= 11 is 4.94. The number of carbonyl (C=O) groups excluding carboxylic acids is 1. The third-order valence-electron chi connectivity index (χ3n) is 3.68. The third-order valence-corrected chi connectivity index (χ3v) is 4.07. The molecule has 15 heavy (non-hydrogen) atoms. The van der Waals surface area contributed by atoms with E-state index < -0.39 is 5.41 Å². The molecule has 0 bridgehead atoms. The number of amides is 1. The first kappa shape index (κ1) is 10.9. The van der Waals surface area contributed by atoms with Gasteiger partial charge in [-0.05, 0) is 31.6 Å². The van der Waals surface area contributed by atoms with E-state index in [0.29, 0.717) is 10.9 Å². The van der Waals surface area contributed by atoms with Gasteiger partial charge in [0.1, 0.15) is 0 Å². The van der Waals surface area contributed by atoms with E-state index in [-0.39, 0.29) is 5.91 Å². The van der Waals surface area contributed by atoms with Crippen LogP contribution in [0, 0.1) is 11.3 Å². The number of nitrogens with one attached hydrogen (secondary N) is 1. The van der Waals surface area contributed by atoms with E-state index in [9.17, 15) is 4.79 Å². The molecule has 0 spiro atoms. The molecule has 84 valence electrons. The van der Waals surface area contributed by atoms with E-state index in [1.807, 2.05) is 0 Å². The Labute approximate surface area is 95.8 Å². The molecule has 0 radical (unpaired) electrons. The van der Waals surface area contributed by atoms with Gasteiger partial charge in [0.25, 0.3) is 0 Å². The topological polar surface area (TPSA) is 55.1 Å². The summed E-state index contributed by atoms with van der Waals surface area (Å²) in [5.41, 5.74) is 5.11. The maximum absolute atomic E-state index is 11.8. The summed E-state index contributed by atoms with van der Waals surface area (Å²) in [5, 5.41) is 3.00. The molecule has 2 aliphatic rings. The number of rotatable bonds is 4. The van der Waals surface area contributed by atoms with Crippen LogP contribution in [-0.2, 0) is 4.79 Å². The van der Waals surface area contributed by atoms with Crippen molar-refractivity contribution in [2.75, 3.05) is 6.54 Å². The maximum Gasteiger partial charge on any atom is 0.233 e. The highest BCUT2D eigenvalue weighted by molar-refractivity contribution is 7.80. The van der Waals surface area contributed by atoms with Gasteiger partial charge in [-0.25, -0.2) is 0 Å². The van der Waals surface area contributed by atoms with Crippen LogP contribution in [0.4, 0.5) is 0 Å². The number of hydrogen-bond donors (Lipinski definition) is 2. The molecule has 2 saturated carbocycles. The molecule has 0 aromatic carbocycles. The molecule has 0 heterocycles. The summed E-state index contributed by atoms with van der Waals surface area (Å²) < 4.78 is 0. The van der Waals surface area contributed by atoms with Crippen molar-refractivity contribution in [2.45, 2.75) is 38.5 Å². The Hall–Kier alpha value is -0.640. The zero-order valence-corrected chi connectivity index (χ0v) is 9.74. The van der Waals surface area contributed by atoms with Crippen molar-refractivity contribution in [3.63, 3.8) is 0 Å². The van der Waals surface area contributed by atoms with Gasteiger partial charge in [0.2, 0.25) is 5.91 Å². The van der Waals surface area contributed by atoms with Gasteiger partial charge < -0.3 is 11.1 Å². The second-order valence-corrected chi connectivity index (χ2v) is 5.25. The molecule has 2 aliphatic carbocycles. The van der Waals surface area contributed by atoms with Crippen LogP contribution in [0.5, 0.6) is 0 Å². The van der Waals surface area contributed by atoms with Crippen LogP contribution in [0.15, 0.2) is 0 Å². The largest absolute Gasteiger partial charge is 0.392 e. The highest BCUT2D eigenvalue weighted by atomic mass is 32.1. The lowest BCUT2D eigenvalue weighted by atomic mass is 10.0. The second-order valence-electron chi connectivity index (χ2n) is 4.81. The summed E-state index contributed by atoms with van der Waals surface area (Å²) in [6, 6.07) is 0. The zero-order valence-electron chi connectivity index (χ0n) is 8.92. The minimum Gasteiger partial charge on any atom is -0.392 e. The Morgan fingerprint density at radius 3 is 2.47 bits per heavy atom. The summed E-state index contributed by atoms with van der Waals surface area (Å²) in [6.45, 7) is 0.809. The van der Waals surface area contributed by atoms with Crippen molar-refractivity contribution >= 4 is 23.1 Å². The highest BCUT2D eigenvalue weighted by Crippen LogP contribution is 2.46. The molecule has 0 aromatic heterocycles. The van der Waals surface area contributed by atoms with E-state index in [0.717, 1.165) is 19.4 Å². The highest BCUT2D eigenvalue weighted by Gasteiger charge is 2.52. The lowest BCUT2D eigenvalue weighted by Gasteiger charge is -2.16. The maximum atomic E-state index is 11.8. The smallest absolute Gasteiger partial charge is 0.233 e. The number of hydrogen-bond acceptors (Lipinski definition) is 2. The van der Waals surface area contributed by atoms with Gasteiger partial charge in [0.05, 0.1) is 10.4 Å². The van der Waals surface area contributed by atoms with E-state index in [4.69, 9.17) is 18.0 Å². The Bertz CT molecular complexity index is 280. The second kappa shape index (κ2) is 4.08. The summed E-state index contributed by atoms with van der Waals surface area (Å²) in [6.07, 6.45) is 6.78. The average Bonchev–Trinajstić information content (AvgIpc) is 2.87. The summed E-state index contributed by atoms with van der Waals surface area (Å²) in [4.78, 5) is 12.2. The first-order chi connectivity index (χ1) is 7.15. The van der Waals surface area contributed by atoms with Gasteiger partial charge in [-0.1, -0.05) is 25.1 Å². The van der Waals surface area contributed by atoms with Crippen LogP contribution in [0.3, 0.4) is 0 Å². The van der Waals surface area contributed by atoms with Crippen molar-refractivity contribution in [3.8, 4) is 0 Å². The van der Waals surface area contributed by atoms with Gasteiger partial charge in [-0.3, -0.25) is 4.79 Å². The van der Waals surface area contributed by atoms with Crippen molar-refractivity contribution in [1.29, 1.82) is 0 Å². The Morgan fingerprint density at radius 1 is 1.40 bits per heavy atom. The minimum absolute atomic E-state index is 0.0573. The monoisotopic (exact) mass is 226 g/mol. The molecular weight excluding hydrogens is 208 g/mol. The number of carbonyl (C=O) groups is 1. The Morgan fingerprint density at radius 2 is 2.00 bits per heavy atom. The van der Waals surface area contributed by atoms with Crippen molar-refractivity contribution in [2.24, 2.45) is 17.1 Å².